The van der Waals surface area contributed by atoms with Crippen molar-refractivity contribution in [2.75, 3.05) is 11.9 Å². The fraction of sp³-hybridized carbons (Fsp3) is 0.438. The molecule has 0 saturated heterocycles. The minimum absolute atomic E-state index is 0.0386. The first-order valence-corrected chi connectivity index (χ1v) is 8.15. The Kier molecular flexibility index (Phi) is 4.81. The molecule has 0 spiro atoms. The molecule has 0 bridgehead atoms. The molecule has 5 heteroatoms. The van der Waals surface area contributed by atoms with E-state index in [0.717, 1.165) is 32.9 Å². The van der Waals surface area contributed by atoms with Crippen LogP contribution in [0.15, 0.2) is 18.3 Å². The highest BCUT2D eigenvalue weighted by Gasteiger charge is 2.23. The molecule has 2 rings (SSSR count). The van der Waals surface area contributed by atoms with Gasteiger partial charge in [-0.15, -0.1) is 0 Å². The van der Waals surface area contributed by atoms with Gasteiger partial charge in [0.2, 0.25) is 0 Å². The summed E-state index contributed by atoms with van der Waals surface area (Å²) in [5.74, 6) is 1.56. The first kappa shape index (κ1) is 16.1. The predicted octanol–water partition coefficient (Wildman–Crippen LogP) is 4.18. The first-order valence-electron chi connectivity index (χ1n) is 7.08. The van der Waals surface area contributed by atoms with Crippen molar-refractivity contribution in [2.24, 2.45) is 0 Å². The van der Waals surface area contributed by atoms with Crippen LogP contribution in [0.1, 0.15) is 39.0 Å². The highest BCUT2D eigenvalue weighted by Crippen LogP contribution is 2.31. The zero-order chi connectivity index (χ0) is 15.6. The molecule has 0 aliphatic heterocycles. The van der Waals surface area contributed by atoms with E-state index in [1.807, 2.05) is 25.3 Å². The van der Waals surface area contributed by atoms with Crippen molar-refractivity contribution in [3.05, 3.63) is 33.2 Å². The van der Waals surface area contributed by atoms with Crippen molar-refractivity contribution in [1.29, 1.82) is 0 Å². The van der Waals surface area contributed by atoms with Crippen molar-refractivity contribution in [3.8, 4) is 11.5 Å². The van der Waals surface area contributed by atoms with Gasteiger partial charge in [-0.2, -0.15) is 0 Å². The molecule has 2 heterocycles. The number of pyridine rings is 1. The second kappa shape index (κ2) is 6.25. The average Bonchev–Trinajstić information content (AvgIpc) is 2.41. The first-order chi connectivity index (χ1) is 9.82. The molecule has 112 valence electrons. The molecular formula is C16H21IN4. The van der Waals surface area contributed by atoms with Gasteiger partial charge >= 0.3 is 0 Å². The summed E-state index contributed by atoms with van der Waals surface area (Å²) in [5, 5.41) is 3.32. The van der Waals surface area contributed by atoms with E-state index in [0.29, 0.717) is 5.82 Å². The van der Waals surface area contributed by atoms with Gasteiger partial charge in [0, 0.05) is 18.2 Å². The summed E-state index contributed by atoms with van der Waals surface area (Å²) >= 11 is 2.32. The number of hydrogen-bond acceptors (Lipinski definition) is 4. The SMILES string of the molecule is CCNc1nc(-c2ccc(C)cn2)nc(C(C)(C)C)c1I. The van der Waals surface area contributed by atoms with Crippen molar-refractivity contribution in [3.63, 3.8) is 0 Å². The van der Waals surface area contributed by atoms with Crippen molar-refractivity contribution >= 4 is 28.4 Å². The smallest absolute Gasteiger partial charge is 0.180 e. The maximum atomic E-state index is 4.77. The van der Waals surface area contributed by atoms with Gasteiger partial charge < -0.3 is 5.32 Å². The Morgan fingerprint density at radius 3 is 2.43 bits per heavy atom. The van der Waals surface area contributed by atoms with Crippen LogP contribution in [0.25, 0.3) is 11.5 Å². The summed E-state index contributed by atoms with van der Waals surface area (Å²) in [6.45, 7) is 11.4. The van der Waals surface area contributed by atoms with Crippen LogP contribution in [-0.2, 0) is 5.41 Å². The second-order valence-corrected chi connectivity index (χ2v) is 7.14. The quantitative estimate of drug-likeness (QED) is 0.791. The van der Waals surface area contributed by atoms with Gasteiger partial charge in [-0.05, 0) is 48.1 Å². The maximum Gasteiger partial charge on any atom is 0.180 e. The van der Waals surface area contributed by atoms with E-state index in [4.69, 9.17) is 4.98 Å². The lowest BCUT2D eigenvalue weighted by molar-refractivity contribution is 0.564. The molecule has 2 aromatic rings. The van der Waals surface area contributed by atoms with E-state index in [2.05, 4.69) is 65.6 Å². The number of aromatic nitrogens is 3. The zero-order valence-corrected chi connectivity index (χ0v) is 15.3. The zero-order valence-electron chi connectivity index (χ0n) is 13.2. The largest absolute Gasteiger partial charge is 0.369 e. The number of rotatable bonds is 3. The maximum absolute atomic E-state index is 4.77. The lowest BCUT2D eigenvalue weighted by atomic mass is 9.92. The highest BCUT2D eigenvalue weighted by molar-refractivity contribution is 14.1. The molecule has 0 fully saturated rings. The van der Waals surface area contributed by atoms with Gasteiger partial charge in [-0.25, -0.2) is 9.97 Å². The number of nitrogens with one attached hydrogen (secondary N) is 1. The molecular weight excluding hydrogens is 375 g/mol. The third-order valence-corrected chi connectivity index (χ3v) is 4.07. The Morgan fingerprint density at radius 2 is 1.90 bits per heavy atom. The number of aryl methyl sites for hydroxylation is 1. The summed E-state index contributed by atoms with van der Waals surface area (Å²) in [6.07, 6.45) is 1.85. The Balaban J connectivity index is 2.61. The van der Waals surface area contributed by atoms with Crippen LogP contribution in [0.3, 0.4) is 0 Å². The van der Waals surface area contributed by atoms with E-state index in [-0.39, 0.29) is 5.41 Å². The normalized spacial score (nSPS) is 11.5. The average molecular weight is 396 g/mol. The fourth-order valence-electron chi connectivity index (χ4n) is 1.94. The topological polar surface area (TPSA) is 50.7 Å². The summed E-state index contributed by atoms with van der Waals surface area (Å²) in [7, 11) is 0. The third-order valence-electron chi connectivity index (χ3n) is 3.05. The summed E-state index contributed by atoms with van der Waals surface area (Å²) < 4.78 is 1.08. The van der Waals surface area contributed by atoms with E-state index >= 15 is 0 Å². The Morgan fingerprint density at radius 1 is 1.19 bits per heavy atom. The third kappa shape index (κ3) is 3.70. The summed E-state index contributed by atoms with van der Waals surface area (Å²) in [5.41, 5.74) is 2.95. The van der Waals surface area contributed by atoms with Gasteiger partial charge in [0.1, 0.15) is 11.5 Å². The Bertz CT molecular complexity index is 630. The van der Waals surface area contributed by atoms with Gasteiger partial charge in [0.15, 0.2) is 5.82 Å². The van der Waals surface area contributed by atoms with Crippen LogP contribution in [0, 0.1) is 10.5 Å². The molecule has 0 saturated carbocycles. The molecule has 0 amide bonds. The van der Waals surface area contributed by atoms with Gasteiger partial charge in [-0.3, -0.25) is 4.98 Å². The molecule has 0 aliphatic rings. The van der Waals surface area contributed by atoms with E-state index in [9.17, 15) is 0 Å². The molecule has 0 aromatic carbocycles. The molecule has 1 N–H and O–H groups in total. The van der Waals surface area contributed by atoms with E-state index in [1.54, 1.807) is 0 Å². The molecule has 2 aromatic heterocycles. The van der Waals surface area contributed by atoms with Crippen LogP contribution in [-0.4, -0.2) is 21.5 Å². The monoisotopic (exact) mass is 396 g/mol. The van der Waals surface area contributed by atoms with Crippen LogP contribution < -0.4 is 5.32 Å². The lowest BCUT2D eigenvalue weighted by Gasteiger charge is -2.22. The van der Waals surface area contributed by atoms with Gasteiger partial charge in [-0.1, -0.05) is 26.8 Å². The van der Waals surface area contributed by atoms with E-state index < -0.39 is 0 Å². The lowest BCUT2D eigenvalue weighted by Crippen LogP contribution is -2.19. The predicted molar refractivity (Wildman–Crippen MR) is 95.6 cm³/mol. The van der Waals surface area contributed by atoms with Gasteiger partial charge in [0.05, 0.1) is 9.26 Å². The van der Waals surface area contributed by atoms with Gasteiger partial charge in [0.25, 0.3) is 0 Å². The summed E-state index contributed by atoms with van der Waals surface area (Å²) in [4.78, 5) is 13.9. The minimum Gasteiger partial charge on any atom is -0.369 e. The highest BCUT2D eigenvalue weighted by atomic mass is 127. The number of halogens is 1. The standard InChI is InChI=1S/C16H21IN4/c1-6-18-15-12(17)13(16(3,4)5)20-14(21-15)11-8-7-10(2)9-19-11/h7-9H,6H2,1-5H3,(H,18,20,21). The molecule has 0 radical (unpaired) electrons. The Hall–Kier alpha value is -1.24. The summed E-state index contributed by atoms with van der Waals surface area (Å²) in [6, 6.07) is 4.01. The molecule has 4 nitrogen and oxygen atoms in total. The van der Waals surface area contributed by atoms with Crippen LogP contribution in [0.5, 0.6) is 0 Å². The molecule has 21 heavy (non-hydrogen) atoms. The van der Waals surface area contributed by atoms with Crippen LogP contribution >= 0.6 is 22.6 Å². The number of hydrogen-bond donors (Lipinski definition) is 1. The number of anilines is 1. The van der Waals surface area contributed by atoms with E-state index in [1.165, 1.54) is 0 Å². The minimum atomic E-state index is -0.0386. The second-order valence-electron chi connectivity index (χ2n) is 6.06. The van der Waals surface area contributed by atoms with Crippen molar-refractivity contribution in [2.45, 2.75) is 40.0 Å². The fourth-order valence-corrected chi connectivity index (χ4v) is 3.18. The molecule has 0 unspecified atom stereocenters. The molecule has 0 aliphatic carbocycles. The van der Waals surface area contributed by atoms with Crippen molar-refractivity contribution < 1.29 is 0 Å². The Labute approximate surface area is 140 Å². The van der Waals surface area contributed by atoms with Crippen molar-refractivity contribution in [1.82, 2.24) is 15.0 Å². The number of nitrogens with zero attached hydrogens (tertiary/aromatic N) is 3. The van der Waals surface area contributed by atoms with Crippen LogP contribution in [0.2, 0.25) is 0 Å². The van der Waals surface area contributed by atoms with Crippen LogP contribution in [0.4, 0.5) is 5.82 Å². The molecule has 0 atom stereocenters.